The third-order valence-electron chi connectivity index (χ3n) is 1.92. The number of rotatable bonds is 7. The van der Waals surface area contributed by atoms with Gasteiger partial charge in [0.05, 0.1) is 11.5 Å². The molecule has 0 aliphatic heterocycles. The summed E-state index contributed by atoms with van der Waals surface area (Å²) in [5.74, 6) is 0. The maximum atomic E-state index is 11.7. The maximum Gasteiger partial charge on any atom is 0.266 e. The van der Waals surface area contributed by atoms with Gasteiger partial charge in [0.1, 0.15) is 11.6 Å². The van der Waals surface area contributed by atoms with Crippen molar-refractivity contribution >= 4 is 21.6 Å². The van der Waals surface area contributed by atoms with E-state index in [1.54, 1.807) is 0 Å². The van der Waals surface area contributed by atoms with Crippen molar-refractivity contribution in [2.45, 2.75) is 11.3 Å². The van der Waals surface area contributed by atoms with Gasteiger partial charge in [0.2, 0.25) is 10.0 Å². The van der Waals surface area contributed by atoms with Crippen molar-refractivity contribution < 1.29 is 21.9 Å². The van der Waals surface area contributed by atoms with E-state index in [0.717, 1.165) is 12.3 Å². The predicted octanol–water partition coefficient (Wildman–Crippen LogP) is 0.588. The van der Waals surface area contributed by atoms with Gasteiger partial charge < -0.3 is 9.72 Å². The van der Waals surface area contributed by atoms with Gasteiger partial charge in [-0.25, -0.2) is 21.9 Å². The molecule has 1 aromatic rings. The summed E-state index contributed by atoms with van der Waals surface area (Å²) in [4.78, 5) is 12.9. The van der Waals surface area contributed by atoms with Gasteiger partial charge in [-0.15, -0.1) is 0 Å². The molecule has 0 spiro atoms. The number of hydrogen-bond acceptors (Lipinski definition) is 4. The van der Waals surface area contributed by atoms with Crippen LogP contribution < -0.4 is 10.3 Å². The van der Waals surface area contributed by atoms with E-state index in [-0.39, 0.29) is 23.1 Å². The number of aromatic amines is 1. The fourth-order valence-corrected chi connectivity index (χ4v) is 2.34. The lowest BCUT2D eigenvalue weighted by molar-refractivity contribution is 0.0199. The van der Waals surface area contributed by atoms with Crippen molar-refractivity contribution in [1.29, 1.82) is 0 Å². The summed E-state index contributed by atoms with van der Waals surface area (Å²) in [6.07, 6.45) is -1.62. The Balaban J connectivity index is 2.56. The van der Waals surface area contributed by atoms with Crippen LogP contribution in [0, 0.1) is 0 Å². The molecule has 19 heavy (non-hydrogen) atoms. The molecule has 6 nitrogen and oxygen atoms in total. The average molecular weight is 317 g/mol. The molecule has 2 N–H and O–H groups in total. The van der Waals surface area contributed by atoms with E-state index in [9.17, 15) is 22.0 Å². The molecule has 0 atom stereocenters. The molecule has 1 rings (SSSR count). The Morgan fingerprint density at radius 2 is 2.16 bits per heavy atom. The smallest absolute Gasteiger partial charge is 0.266 e. The molecular formula is C9H11ClF2N2O4S. The summed E-state index contributed by atoms with van der Waals surface area (Å²) in [5, 5.41) is -0.267. The lowest BCUT2D eigenvalue weighted by Crippen LogP contribution is -2.28. The standard InChI is InChI=1S/C9H11ClF2N2O4S/c10-7-3-6(4-13-9(7)15)19(16,17)14-1-2-18-5-8(11)12/h3-4,8,14H,1-2,5H2,(H,13,15). The first-order chi connectivity index (χ1) is 8.83. The van der Waals surface area contributed by atoms with Gasteiger partial charge in [-0.1, -0.05) is 11.6 Å². The van der Waals surface area contributed by atoms with Crippen LogP contribution in [0.3, 0.4) is 0 Å². The lowest BCUT2D eigenvalue weighted by Gasteiger charge is -2.07. The second-order valence-electron chi connectivity index (χ2n) is 3.38. The molecule has 0 amide bonds. The van der Waals surface area contributed by atoms with Crippen LogP contribution in [-0.4, -0.2) is 39.6 Å². The van der Waals surface area contributed by atoms with Gasteiger partial charge in [0.15, 0.2) is 0 Å². The molecule has 108 valence electrons. The van der Waals surface area contributed by atoms with Gasteiger partial charge >= 0.3 is 0 Å². The monoisotopic (exact) mass is 316 g/mol. The van der Waals surface area contributed by atoms with Crippen LogP contribution in [-0.2, 0) is 14.8 Å². The average Bonchev–Trinajstić information content (AvgIpc) is 2.31. The Hall–Kier alpha value is -1.03. The van der Waals surface area contributed by atoms with Crippen molar-refractivity contribution in [2.75, 3.05) is 19.8 Å². The summed E-state index contributed by atoms with van der Waals surface area (Å²) in [5.41, 5.74) is -0.610. The van der Waals surface area contributed by atoms with Crippen LogP contribution >= 0.6 is 11.6 Å². The largest absolute Gasteiger partial charge is 0.374 e. The minimum Gasteiger partial charge on any atom is -0.374 e. The van der Waals surface area contributed by atoms with Crippen LogP contribution in [0.2, 0.25) is 5.02 Å². The fourth-order valence-electron chi connectivity index (χ4n) is 1.10. The molecule has 0 bridgehead atoms. The number of sulfonamides is 1. The van der Waals surface area contributed by atoms with E-state index in [2.05, 4.69) is 14.4 Å². The van der Waals surface area contributed by atoms with Gasteiger partial charge in [0.25, 0.3) is 12.0 Å². The minimum absolute atomic E-state index is 0.175. The number of pyridine rings is 1. The Labute approximate surface area is 112 Å². The molecule has 0 radical (unpaired) electrons. The van der Waals surface area contributed by atoms with E-state index < -0.39 is 28.6 Å². The van der Waals surface area contributed by atoms with Gasteiger partial charge in [-0.3, -0.25) is 4.79 Å². The van der Waals surface area contributed by atoms with E-state index in [4.69, 9.17) is 11.6 Å². The number of ether oxygens (including phenoxy) is 1. The summed E-state index contributed by atoms with van der Waals surface area (Å²) in [6.45, 7) is -1.13. The zero-order valence-corrected chi connectivity index (χ0v) is 11.1. The SMILES string of the molecule is O=c1[nH]cc(S(=O)(=O)NCCOCC(F)F)cc1Cl. The van der Waals surface area contributed by atoms with Crippen LogP contribution in [0.1, 0.15) is 0 Å². The highest BCUT2D eigenvalue weighted by molar-refractivity contribution is 7.89. The first-order valence-electron chi connectivity index (χ1n) is 5.06. The number of H-pyrrole nitrogens is 1. The number of halogens is 3. The summed E-state index contributed by atoms with van der Waals surface area (Å²) in [7, 11) is -3.87. The number of hydrogen-bond donors (Lipinski definition) is 2. The quantitative estimate of drug-likeness (QED) is 0.721. The molecule has 0 aliphatic rings. The molecule has 0 fully saturated rings. The van der Waals surface area contributed by atoms with E-state index in [0.29, 0.717) is 0 Å². The van der Waals surface area contributed by atoms with Crippen molar-refractivity contribution in [3.8, 4) is 0 Å². The molecule has 0 unspecified atom stereocenters. The predicted molar refractivity (Wildman–Crippen MR) is 64.1 cm³/mol. The van der Waals surface area contributed by atoms with Crippen LogP contribution in [0.4, 0.5) is 8.78 Å². The Bertz CT molecular complexity index is 576. The Morgan fingerprint density at radius 1 is 1.47 bits per heavy atom. The molecule has 1 heterocycles. The Kier molecular flexibility index (Phi) is 5.85. The molecule has 0 aliphatic carbocycles. The Morgan fingerprint density at radius 3 is 2.74 bits per heavy atom. The molecule has 0 aromatic carbocycles. The zero-order valence-electron chi connectivity index (χ0n) is 9.53. The van der Waals surface area contributed by atoms with E-state index in [1.165, 1.54) is 0 Å². The first kappa shape index (κ1) is 16.0. The fraction of sp³-hybridized carbons (Fsp3) is 0.444. The zero-order chi connectivity index (χ0) is 14.5. The first-order valence-corrected chi connectivity index (χ1v) is 6.93. The third-order valence-corrected chi connectivity index (χ3v) is 3.65. The number of nitrogens with one attached hydrogen (secondary N) is 2. The second kappa shape index (κ2) is 6.94. The number of alkyl halides is 2. The highest BCUT2D eigenvalue weighted by atomic mass is 35.5. The van der Waals surface area contributed by atoms with Gasteiger partial charge in [0, 0.05) is 12.7 Å². The van der Waals surface area contributed by atoms with Crippen LogP contribution in [0.15, 0.2) is 22.0 Å². The molecular weight excluding hydrogens is 306 g/mol. The van der Waals surface area contributed by atoms with Crippen molar-refractivity contribution in [3.63, 3.8) is 0 Å². The van der Waals surface area contributed by atoms with E-state index in [1.807, 2.05) is 0 Å². The topological polar surface area (TPSA) is 88.3 Å². The molecule has 1 aromatic heterocycles. The summed E-state index contributed by atoms with van der Waals surface area (Å²) >= 11 is 5.49. The highest BCUT2D eigenvalue weighted by Gasteiger charge is 2.15. The van der Waals surface area contributed by atoms with Crippen LogP contribution in [0.25, 0.3) is 0 Å². The number of aromatic nitrogens is 1. The highest BCUT2D eigenvalue weighted by Crippen LogP contribution is 2.09. The van der Waals surface area contributed by atoms with Crippen molar-refractivity contribution in [3.05, 3.63) is 27.6 Å². The maximum absolute atomic E-state index is 11.7. The summed E-state index contributed by atoms with van der Waals surface area (Å²) < 4.78 is 53.5. The van der Waals surface area contributed by atoms with Crippen molar-refractivity contribution in [2.24, 2.45) is 0 Å². The lowest BCUT2D eigenvalue weighted by atomic mass is 10.5. The van der Waals surface area contributed by atoms with Crippen molar-refractivity contribution in [1.82, 2.24) is 9.71 Å². The minimum atomic E-state index is -3.87. The normalized spacial score (nSPS) is 12.0. The van der Waals surface area contributed by atoms with Gasteiger partial charge in [-0.05, 0) is 6.07 Å². The van der Waals surface area contributed by atoms with Gasteiger partial charge in [-0.2, -0.15) is 0 Å². The molecule has 10 heteroatoms. The van der Waals surface area contributed by atoms with Crippen LogP contribution in [0.5, 0.6) is 0 Å². The molecule has 0 saturated carbocycles. The summed E-state index contributed by atoms with van der Waals surface area (Å²) in [6, 6.07) is 0.989. The van der Waals surface area contributed by atoms with E-state index >= 15 is 0 Å². The second-order valence-corrected chi connectivity index (χ2v) is 5.55. The molecule has 0 saturated heterocycles. The third kappa shape index (κ3) is 5.23.